The second-order valence-electron chi connectivity index (χ2n) is 12.9. The number of H-pyrrole nitrogens is 1. The number of hydrogen-bond acceptors (Lipinski definition) is 4. The number of aromatic nitrogens is 1. The molecule has 0 aliphatic heterocycles. The molecule has 3 amide bonds. The number of carbonyl (C=O) groups is 3. The maximum Gasteiger partial charge on any atom is 0.255 e. The topological polar surface area (TPSA) is 153 Å². The summed E-state index contributed by atoms with van der Waals surface area (Å²) in [6.07, 6.45) is 10.5. The number of benzene rings is 4. The van der Waals surface area contributed by atoms with Crippen molar-refractivity contribution in [1.82, 2.24) is 20.9 Å². The number of aromatic amines is 1. The van der Waals surface area contributed by atoms with Gasteiger partial charge in [-0.3, -0.25) is 19.4 Å². The molecule has 1 heterocycles. The molecule has 5 aromatic rings. The van der Waals surface area contributed by atoms with Crippen LogP contribution in [-0.4, -0.2) is 54.3 Å². The van der Waals surface area contributed by atoms with Crippen molar-refractivity contribution in [3.05, 3.63) is 112 Å². The van der Waals surface area contributed by atoms with Gasteiger partial charge < -0.3 is 32.0 Å². The third kappa shape index (κ3) is 10.9. The van der Waals surface area contributed by atoms with Crippen LogP contribution < -0.4 is 27.0 Å². The summed E-state index contributed by atoms with van der Waals surface area (Å²) >= 11 is 3.46. The molecule has 0 saturated carbocycles. The molecule has 0 radical (unpaired) electrons. The fraction of sp³-hybridized carbons (Fsp3) is 0.317. The summed E-state index contributed by atoms with van der Waals surface area (Å²) in [5.41, 5.74) is 8.87. The van der Waals surface area contributed by atoms with Crippen LogP contribution in [0.4, 0.5) is 5.69 Å². The van der Waals surface area contributed by atoms with E-state index in [2.05, 4.69) is 54.1 Å². The van der Waals surface area contributed by atoms with Crippen molar-refractivity contribution in [2.24, 2.45) is 10.7 Å². The Morgan fingerprint density at radius 1 is 0.808 bits per heavy atom. The number of guanidine groups is 1. The lowest BCUT2D eigenvalue weighted by Crippen LogP contribution is -2.49. The van der Waals surface area contributed by atoms with Crippen LogP contribution in [0.15, 0.2) is 101 Å². The number of anilines is 1. The zero-order valence-electron chi connectivity index (χ0n) is 29.6. The Hall–Kier alpha value is -5.16. The Balaban J connectivity index is 1.23. The summed E-state index contributed by atoms with van der Waals surface area (Å²) in [6.45, 7) is 3.53. The van der Waals surface area contributed by atoms with Crippen molar-refractivity contribution >= 4 is 67.0 Å². The van der Waals surface area contributed by atoms with Crippen LogP contribution in [0.3, 0.4) is 0 Å². The van der Waals surface area contributed by atoms with Gasteiger partial charge in [0.1, 0.15) is 6.04 Å². The van der Waals surface area contributed by atoms with Crippen LogP contribution in [0.2, 0.25) is 0 Å². The predicted octanol–water partition coefficient (Wildman–Crippen LogP) is 7.45. The number of nitrogens with zero attached hydrogens (tertiary/aromatic N) is 1. The van der Waals surface area contributed by atoms with E-state index in [9.17, 15) is 14.4 Å². The summed E-state index contributed by atoms with van der Waals surface area (Å²) in [7, 11) is 0. The number of nitrogens with two attached hydrogens (primary N) is 1. The first-order valence-electron chi connectivity index (χ1n) is 18.1. The maximum atomic E-state index is 13.9. The van der Waals surface area contributed by atoms with Crippen molar-refractivity contribution in [2.75, 3.05) is 25.0 Å². The molecule has 0 unspecified atom stereocenters. The van der Waals surface area contributed by atoms with Crippen LogP contribution >= 0.6 is 15.9 Å². The highest BCUT2D eigenvalue weighted by Gasteiger charge is 2.25. The number of carbonyl (C=O) groups excluding carboxylic acids is 3. The minimum atomic E-state index is -0.918. The molecule has 1 aromatic heterocycles. The third-order valence-electron chi connectivity index (χ3n) is 8.98. The number of halogens is 1. The molecule has 0 spiro atoms. The van der Waals surface area contributed by atoms with E-state index in [0.29, 0.717) is 34.8 Å². The fourth-order valence-electron chi connectivity index (χ4n) is 6.13. The second-order valence-corrected chi connectivity index (χ2v) is 13.8. The van der Waals surface area contributed by atoms with Crippen LogP contribution in [0, 0.1) is 0 Å². The van der Waals surface area contributed by atoms with Crippen LogP contribution in [0.5, 0.6) is 0 Å². The van der Waals surface area contributed by atoms with Crippen molar-refractivity contribution in [1.29, 1.82) is 0 Å². The van der Waals surface area contributed by atoms with Gasteiger partial charge in [-0.2, -0.15) is 0 Å². The lowest BCUT2D eigenvalue weighted by molar-refractivity contribution is -0.122. The number of hydrogen-bond donors (Lipinski definition) is 6. The van der Waals surface area contributed by atoms with Crippen molar-refractivity contribution < 1.29 is 14.4 Å². The van der Waals surface area contributed by atoms with E-state index in [1.54, 1.807) is 24.3 Å². The smallest absolute Gasteiger partial charge is 0.255 e. The lowest BCUT2D eigenvalue weighted by Gasteiger charge is -2.20. The molecular weight excluding hydrogens is 718 g/mol. The predicted molar refractivity (Wildman–Crippen MR) is 215 cm³/mol. The number of unbranched alkanes of at least 4 members (excludes halogenated alkanes) is 6. The molecule has 52 heavy (non-hydrogen) atoms. The molecule has 0 saturated heterocycles. The monoisotopic (exact) mass is 765 g/mol. The van der Waals surface area contributed by atoms with E-state index >= 15 is 0 Å². The Bertz CT molecular complexity index is 2010. The van der Waals surface area contributed by atoms with Gasteiger partial charge in [-0.15, -0.1) is 0 Å². The van der Waals surface area contributed by atoms with Gasteiger partial charge in [-0.05, 0) is 59.2 Å². The Kier molecular flexibility index (Phi) is 14.2. The highest BCUT2D eigenvalue weighted by atomic mass is 79.9. The van der Waals surface area contributed by atoms with Crippen molar-refractivity contribution in [3.8, 4) is 0 Å². The fourth-order valence-corrected chi connectivity index (χ4v) is 6.49. The normalized spacial score (nSPS) is 12.1. The van der Waals surface area contributed by atoms with E-state index in [1.165, 1.54) is 32.1 Å². The number of aliphatic imine (C=N–C) groups is 1. The molecule has 0 aliphatic carbocycles. The number of nitrogens with one attached hydrogen (secondary N) is 5. The highest BCUT2D eigenvalue weighted by Crippen LogP contribution is 2.24. The zero-order valence-corrected chi connectivity index (χ0v) is 31.2. The van der Waals surface area contributed by atoms with Crippen LogP contribution in [0.1, 0.15) is 78.1 Å². The molecule has 1 atom stereocenters. The summed E-state index contributed by atoms with van der Waals surface area (Å²) in [6, 6.07) is 25.2. The first-order valence-corrected chi connectivity index (χ1v) is 18.9. The van der Waals surface area contributed by atoms with Gasteiger partial charge in [0, 0.05) is 53.2 Å². The number of fused-ring (bicyclic) bond motifs is 2. The van der Waals surface area contributed by atoms with Gasteiger partial charge in [-0.1, -0.05) is 110 Å². The maximum absolute atomic E-state index is 13.9. The molecule has 11 heteroatoms. The van der Waals surface area contributed by atoms with Gasteiger partial charge in [0.15, 0.2) is 5.96 Å². The second kappa shape index (κ2) is 19.4. The average molecular weight is 767 g/mol. The first kappa shape index (κ1) is 38.1. The third-order valence-corrected chi connectivity index (χ3v) is 9.47. The van der Waals surface area contributed by atoms with Crippen LogP contribution in [0.25, 0.3) is 21.7 Å². The van der Waals surface area contributed by atoms with E-state index in [0.717, 1.165) is 40.1 Å². The van der Waals surface area contributed by atoms with E-state index in [1.807, 2.05) is 66.9 Å². The van der Waals surface area contributed by atoms with E-state index < -0.39 is 11.9 Å². The Morgan fingerprint density at radius 2 is 1.54 bits per heavy atom. The molecule has 4 aromatic carbocycles. The van der Waals surface area contributed by atoms with E-state index in [4.69, 9.17) is 5.73 Å². The van der Waals surface area contributed by atoms with E-state index in [-0.39, 0.29) is 30.3 Å². The van der Waals surface area contributed by atoms with Gasteiger partial charge in [0.05, 0.1) is 11.3 Å². The molecule has 7 N–H and O–H groups in total. The SMILES string of the molecule is CCCCCCCCCN=C(N)NCCNC(=O)[C@H](Cc1c[nH]c2ccccc12)NC(=O)c1cc(Br)ccc1NC(=O)c1ccc2ccccc2c1. The van der Waals surface area contributed by atoms with Crippen molar-refractivity contribution in [3.63, 3.8) is 0 Å². The molecule has 10 nitrogen and oxygen atoms in total. The summed E-state index contributed by atoms with van der Waals surface area (Å²) in [5, 5.41) is 14.8. The summed E-state index contributed by atoms with van der Waals surface area (Å²) < 4.78 is 0.649. The zero-order chi connectivity index (χ0) is 36.7. The minimum absolute atomic E-state index is 0.215. The molecule has 5 rings (SSSR count). The van der Waals surface area contributed by atoms with Gasteiger partial charge in [-0.25, -0.2) is 0 Å². The van der Waals surface area contributed by atoms with Gasteiger partial charge in [0.25, 0.3) is 11.8 Å². The number of para-hydroxylation sites is 1. The van der Waals surface area contributed by atoms with Gasteiger partial charge in [0.2, 0.25) is 5.91 Å². The van der Waals surface area contributed by atoms with Crippen molar-refractivity contribution in [2.45, 2.75) is 64.3 Å². The summed E-state index contributed by atoms with van der Waals surface area (Å²) in [4.78, 5) is 48.6. The number of rotatable bonds is 18. The molecule has 0 aliphatic rings. The van der Waals surface area contributed by atoms with Crippen LogP contribution in [-0.2, 0) is 11.2 Å². The number of amides is 3. The largest absolute Gasteiger partial charge is 0.370 e. The molecular formula is C41H48BrN7O3. The first-order chi connectivity index (χ1) is 25.3. The molecule has 0 bridgehead atoms. The standard InChI is InChI=1S/C41H48BrN7O3/c1-2-3-4-5-6-7-12-21-45-41(43)46-23-22-44-40(52)37(25-31-27-47-35-16-11-10-15-33(31)35)49-39(51)34-26-32(42)19-20-36(34)48-38(50)30-18-17-28-13-8-9-14-29(28)24-30/h8-11,13-20,24,26-27,37,47H,2-7,12,21-23,25H2,1H3,(H,44,52)(H,48,50)(H,49,51)(H3,43,45,46)/t37-/m0/s1. The quantitative estimate of drug-likeness (QED) is 0.0311. The lowest BCUT2D eigenvalue weighted by atomic mass is 10.0. The molecule has 0 fully saturated rings. The minimum Gasteiger partial charge on any atom is -0.370 e. The summed E-state index contributed by atoms with van der Waals surface area (Å²) in [5.74, 6) is -0.865. The average Bonchev–Trinajstić information content (AvgIpc) is 3.57. The highest BCUT2D eigenvalue weighted by molar-refractivity contribution is 9.10. The molecule has 272 valence electrons. The Morgan fingerprint density at radius 3 is 2.37 bits per heavy atom. The Labute approximate surface area is 313 Å². The van der Waals surface area contributed by atoms with Gasteiger partial charge >= 0.3 is 0 Å².